The SMILES string of the molecule is Cc1ccn(-c2cc(CN3CCC(O)C(C)C3)cc(NC(=O)c3ccc4c(C)[nH]nc4c3)c2)c1.Cc1ccn(-c2cc(CN3CCC(O)C(C)C3)cc(NC(=O)c3ccc4cc(CCO)[nH]c4c3)c2)c1.Cc1ccn(-c2cc(CN3CCC[C@H](CN)C3)cc(NC(=O)c3ccc(C)c(Oc4ccccc4)c3)c2)c1.Cc1ccn(-c2cc(CN3CC[C@H](N)C3)cc(NC(=O)c3ccc(C)c(Oc4ccccc4)c3)c2)c1. The number of aryl methyl sites for hydroxylation is 7. The number of carbonyl (C=O) groups is 4. The zero-order valence-electron chi connectivity index (χ0n) is 83.7. The van der Waals surface area contributed by atoms with E-state index in [0.717, 1.165) is 222 Å². The van der Waals surface area contributed by atoms with Gasteiger partial charge in [0.15, 0.2) is 0 Å². The number of likely N-dealkylation sites (tertiary alicyclic amines) is 4. The lowest BCUT2D eigenvalue weighted by molar-refractivity contribution is 0.0319. The number of ether oxygens (including phenoxy) is 2. The Labute approximate surface area is 842 Å². The summed E-state index contributed by atoms with van der Waals surface area (Å²) in [6.45, 7) is 29.7. The third kappa shape index (κ3) is 26.7. The van der Waals surface area contributed by atoms with Crippen LogP contribution in [0.3, 0.4) is 0 Å². The summed E-state index contributed by atoms with van der Waals surface area (Å²) in [4.78, 5) is 65.8. The number of piperidine rings is 3. The number of hydrogen-bond donors (Lipinski definition) is 11. The number of para-hydroxylation sites is 2. The van der Waals surface area contributed by atoms with Gasteiger partial charge < -0.3 is 80.8 Å². The summed E-state index contributed by atoms with van der Waals surface area (Å²) in [6, 6.07) is 77.0. The fourth-order valence-corrected chi connectivity index (χ4v) is 19.5. The standard InChI is InChI=1S/C32H36N4O2.C30H32N4O2.C29H34N4O3.C27H31N5O2/c1-23-12-14-36(20-23)29-16-26(22-35-13-6-7-25(19-33)21-35)15-28(18-29)34-32(37)27-11-10-24(2)31(17-27)38-30-8-4-3-5-9-30;1-21-10-13-34(18-21)27-15-23(19-33-12-11-25(31)20-33)14-26(17-27)32-30(35)24-9-8-22(2)29(16-24)36-28-6-4-3-5-7-28;1-19-5-9-33(16-19)26-12-21(18-32-8-6-28(35)20(2)17-32)11-25(15-26)31-29(36)23-4-3-22-13-24(7-10-34)30-27(22)14-23;1-17-6-9-32(14-17)23-11-20(16-31-8-7-26(33)18(2)15-31)10-22(13-23)28-27(34)21-4-5-24-19(3)29-30-25(24)12-21/h3-5,8-12,14-18,20,25H,6-7,13,19,21-22,33H2,1-2H3,(H,34,37);3-10,13-18,25H,11-12,19-20,31H2,1-2H3,(H,32,35);3-5,9,11-16,20,28,30,34-35H,6-8,10,17-18H2,1-2H3,(H,31,36);4-6,9-14,18,26,33H,7-8,15-16H2,1-3H3,(H,28,34)(H,29,30)/t2*25-;;/m10../s1. The Morgan fingerprint density at radius 2 is 0.812 bits per heavy atom. The molecule has 0 radical (unpaired) electrons. The maximum atomic E-state index is 13.4. The number of aliphatic hydroxyl groups excluding tert-OH is 3. The second-order valence-electron chi connectivity index (χ2n) is 39.6. The van der Waals surface area contributed by atoms with Crippen molar-refractivity contribution in [1.82, 2.24) is 53.0 Å². The van der Waals surface area contributed by atoms with Crippen molar-refractivity contribution in [1.29, 1.82) is 0 Å². The third-order valence-electron chi connectivity index (χ3n) is 27.4. The van der Waals surface area contributed by atoms with Crippen LogP contribution in [0.2, 0.25) is 0 Å². The Morgan fingerprint density at radius 1 is 0.424 bits per heavy atom. The van der Waals surface area contributed by atoms with Crippen molar-refractivity contribution in [3.8, 4) is 45.7 Å². The van der Waals surface area contributed by atoms with Gasteiger partial charge in [-0.3, -0.25) is 43.9 Å². The Morgan fingerprint density at radius 3 is 1.20 bits per heavy atom. The van der Waals surface area contributed by atoms with Gasteiger partial charge in [0.05, 0.1) is 17.7 Å². The lowest BCUT2D eigenvalue weighted by atomic mass is 9.96. The average Bonchev–Trinajstić information content (AvgIpc) is 1.77. The average molecular weight is 1930 g/mol. The van der Waals surface area contributed by atoms with E-state index in [4.69, 9.17) is 20.9 Å². The molecule has 744 valence electrons. The largest absolute Gasteiger partial charge is 0.457 e. The lowest BCUT2D eigenvalue weighted by Gasteiger charge is -2.34. The van der Waals surface area contributed by atoms with Crippen LogP contribution in [0.1, 0.15) is 154 Å². The molecule has 4 saturated heterocycles. The van der Waals surface area contributed by atoms with Crippen LogP contribution < -0.4 is 42.2 Å². The van der Waals surface area contributed by atoms with Crippen molar-refractivity contribution in [3.05, 3.63) is 375 Å². The van der Waals surface area contributed by atoms with Gasteiger partial charge in [0.2, 0.25) is 0 Å². The topological polar surface area (TPSA) is 325 Å². The molecule has 13 N–H and O–H groups in total. The van der Waals surface area contributed by atoms with Crippen molar-refractivity contribution in [2.45, 2.75) is 145 Å². The molecular weight excluding hydrogens is 1800 g/mol. The number of amides is 4. The molecule has 4 aliphatic rings. The van der Waals surface area contributed by atoms with E-state index in [2.05, 4.69) is 208 Å². The van der Waals surface area contributed by atoms with E-state index in [0.29, 0.717) is 46.1 Å². The Kier molecular flexibility index (Phi) is 32.7. The fourth-order valence-electron chi connectivity index (χ4n) is 19.5. The summed E-state index contributed by atoms with van der Waals surface area (Å²) >= 11 is 0. The molecule has 26 nitrogen and oxygen atoms in total. The van der Waals surface area contributed by atoms with E-state index in [1.807, 2.05) is 203 Å². The van der Waals surface area contributed by atoms with E-state index in [1.54, 1.807) is 12.1 Å². The van der Waals surface area contributed by atoms with Gasteiger partial charge in [-0.25, -0.2) is 0 Å². The highest BCUT2D eigenvalue weighted by molar-refractivity contribution is 6.08. The summed E-state index contributed by atoms with van der Waals surface area (Å²) in [5, 5.41) is 51.1. The third-order valence-corrected chi connectivity index (χ3v) is 27.4. The minimum absolute atomic E-state index is 0.0800. The lowest BCUT2D eigenvalue weighted by Crippen LogP contribution is -2.41. The molecule has 16 aromatic rings. The number of anilines is 4. The van der Waals surface area contributed by atoms with Crippen molar-refractivity contribution in [2.75, 3.05) is 86.8 Å². The first-order chi connectivity index (χ1) is 69.6. The normalized spacial score (nSPS) is 17.2. The van der Waals surface area contributed by atoms with Crippen LogP contribution >= 0.6 is 0 Å². The van der Waals surface area contributed by atoms with Gasteiger partial charge in [-0.05, 0) is 348 Å². The summed E-state index contributed by atoms with van der Waals surface area (Å²) in [5.41, 5.74) is 36.2. The van der Waals surface area contributed by atoms with E-state index < -0.39 is 0 Å². The molecule has 0 bridgehead atoms. The summed E-state index contributed by atoms with van der Waals surface area (Å²) in [5.74, 6) is 3.17. The molecule has 20 rings (SSSR count). The molecule has 6 atom stereocenters. The zero-order valence-corrected chi connectivity index (χ0v) is 83.7. The van der Waals surface area contributed by atoms with Crippen LogP contribution in [0.4, 0.5) is 22.7 Å². The number of aromatic nitrogens is 7. The Hall–Kier alpha value is -14.6. The number of nitrogens with zero attached hydrogens (tertiary/aromatic N) is 9. The van der Waals surface area contributed by atoms with Gasteiger partial charge in [-0.2, -0.15) is 5.10 Å². The molecule has 0 saturated carbocycles. The number of hydrogen-bond acceptors (Lipinski definition) is 16. The predicted molar refractivity (Wildman–Crippen MR) is 574 cm³/mol. The van der Waals surface area contributed by atoms with Gasteiger partial charge in [-0.1, -0.05) is 74.5 Å². The maximum Gasteiger partial charge on any atom is 0.255 e. The number of nitrogens with two attached hydrogens (primary N) is 2. The van der Waals surface area contributed by atoms with Gasteiger partial charge in [0, 0.05) is 231 Å². The highest BCUT2D eigenvalue weighted by Crippen LogP contribution is 2.35. The quantitative estimate of drug-likeness (QED) is 0.0228. The van der Waals surface area contributed by atoms with Crippen LogP contribution in [-0.2, 0) is 32.6 Å². The zero-order chi connectivity index (χ0) is 101. The summed E-state index contributed by atoms with van der Waals surface area (Å²) in [6.07, 6.45) is 21.6. The number of H-pyrrole nitrogens is 2. The summed E-state index contributed by atoms with van der Waals surface area (Å²) in [7, 11) is 0. The highest BCUT2D eigenvalue weighted by atomic mass is 16.5. The predicted octanol–water partition coefficient (Wildman–Crippen LogP) is 20.7. The fraction of sp³-hybridized carbons (Fsp3) is 0.297. The first kappa shape index (κ1) is 101. The molecule has 10 heterocycles. The second-order valence-corrected chi connectivity index (χ2v) is 39.6. The van der Waals surface area contributed by atoms with Crippen LogP contribution in [0, 0.1) is 66.2 Å². The maximum absolute atomic E-state index is 13.4. The van der Waals surface area contributed by atoms with Crippen molar-refractivity contribution in [3.63, 3.8) is 0 Å². The van der Waals surface area contributed by atoms with Crippen molar-refractivity contribution in [2.24, 2.45) is 29.2 Å². The van der Waals surface area contributed by atoms with E-state index in [1.165, 1.54) is 40.7 Å². The molecular formula is C118H133N17O9. The van der Waals surface area contributed by atoms with E-state index >= 15 is 0 Å². The summed E-state index contributed by atoms with van der Waals surface area (Å²) < 4.78 is 20.4. The van der Waals surface area contributed by atoms with Crippen LogP contribution in [-0.4, -0.2) is 176 Å². The van der Waals surface area contributed by atoms with Crippen molar-refractivity contribution >= 4 is 68.2 Å². The first-order valence-corrected chi connectivity index (χ1v) is 50.1. The van der Waals surface area contributed by atoms with Gasteiger partial charge in [0.1, 0.15) is 23.0 Å². The number of aromatic amines is 2. The van der Waals surface area contributed by atoms with Crippen LogP contribution in [0.5, 0.6) is 23.0 Å². The monoisotopic (exact) mass is 1930 g/mol. The Balaban J connectivity index is 0.000000132. The molecule has 144 heavy (non-hydrogen) atoms. The number of nitrogens with one attached hydrogen (secondary N) is 6. The first-order valence-electron chi connectivity index (χ1n) is 50.1. The minimum Gasteiger partial charge on any atom is -0.457 e. The van der Waals surface area contributed by atoms with E-state index in [-0.39, 0.29) is 60.3 Å². The Bertz CT molecular complexity index is 7150. The molecule has 4 fully saturated rings. The number of aliphatic hydroxyl groups is 3. The highest BCUT2D eigenvalue weighted by Gasteiger charge is 2.29. The van der Waals surface area contributed by atoms with E-state index in [9.17, 15) is 34.5 Å². The van der Waals surface area contributed by atoms with Crippen LogP contribution in [0.15, 0.2) is 286 Å². The van der Waals surface area contributed by atoms with Gasteiger partial charge >= 0.3 is 0 Å². The molecule has 4 aliphatic heterocycles. The molecule has 26 heteroatoms. The molecule has 0 aliphatic carbocycles. The molecule has 0 spiro atoms. The second kappa shape index (κ2) is 46.7. The smallest absolute Gasteiger partial charge is 0.255 e. The van der Waals surface area contributed by atoms with Crippen molar-refractivity contribution < 1.29 is 44.0 Å². The molecule has 4 unspecified atom stereocenters. The number of fused-ring (bicyclic) bond motifs is 2. The van der Waals surface area contributed by atoms with Crippen LogP contribution in [0.25, 0.3) is 44.6 Å². The van der Waals surface area contributed by atoms with Gasteiger partial charge in [-0.15, -0.1) is 0 Å². The van der Waals surface area contributed by atoms with Gasteiger partial charge in [0.25, 0.3) is 23.6 Å². The minimum atomic E-state index is -0.234. The number of rotatable bonds is 27. The molecule has 10 aromatic carbocycles. The number of benzene rings is 10. The number of carbonyl (C=O) groups excluding carboxylic acids is 4. The molecule has 4 amide bonds. The molecule has 6 aromatic heterocycles.